The molecule has 0 unspecified atom stereocenters. The molecule has 0 spiro atoms. The second kappa shape index (κ2) is 10.9. The number of amides is 2. The smallest absolute Gasteiger partial charge is 0.269 e. The van der Waals surface area contributed by atoms with E-state index in [1.165, 1.54) is 47.4 Å². The molecule has 8 nitrogen and oxygen atoms in total. The average molecular weight is 505 g/mol. The maximum Gasteiger partial charge on any atom is 0.269 e. The number of aryl methyl sites for hydroxylation is 1. The van der Waals surface area contributed by atoms with E-state index in [2.05, 4.69) is 15.6 Å². The summed E-state index contributed by atoms with van der Waals surface area (Å²) in [6.45, 7) is 1.97. The third-order valence-electron chi connectivity index (χ3n) is 4.89. The van der Waals surface area contributed by atoms with Crippen molar-refractivity contribution in [1.82, 2.24) is 4.98 Å². The molecule has 0 atom stereocenters. The van der Waals surface area contributed by atoms with Crippen molar-refractivity contribution in [2.24, 2.45) is 0 Å². The Kier molecular flexibility index (Phi) is 7.54. The van der Waals surface area contributed by atoms with E-state index in [0.717, 1.165) is 21.0 Å². The van der Waals surface area contributed by atoms with Crippen LogP contribution in [-0.2, 0) is 4.79 Å². The SMILES string of the molecule is Cc1sc(NC(=O)CSc2cccc(NC(=O)c3ccc([N+](=O)[O-])cc3)c2)nc1-c1ccccc1. The lowest BCUT2D eigenvalue weighted by Crippen LogP contribution is -2.14. The van der Waals surface area contributed by atoms with Gasteiger partial charge >= 0.3 is 0 Å². The molecule has 1 aromatic heterocycles. The van der Waals surface area contributed by atoms with Gasteiger partial charge in [0.1, 0.15) is 0 Å². The molecule has 4 rings (SSSR count). The topological polar surface area (TPSA) is 114 Å². The van der Waals surface area contributed by atoms with Gasteiger partial charge < -0.3 is 10.6 Å². The van der Waals surface area contributed by atoms with E-state index in [-0.39, 0.29) is 23.3 Å². The number of anilines is 2. The second-order valence-corrected chi connectivity index (χ2v) is 9.66. The van der Waals surface area contributed by atoms with Gasteiger partial charge in [0.25, 0.3) is 11.6 Å². The number of thioether (sulfide) groups is 1. The molecular formula is C25H20N4O4S2. The Morgan fingerprint density at radius 2 is 1.74 bits per heavy atom. The van der Waals surface area contributed by atoms with Crippen molar-refractivity contribution in [2.75, 3.05) is 16.4 Å². The highest BCUT2D eigenvalue weighted by Crippen LogP contribution is 2.30. The quantitative estimate of drug-likeness (QED) is 0.173. The molecule has 0 saturated heterocycles. The molecule has 2 amide bonds. The Morgan fingerprint density at radius 3 is 2.46 bits per heavy atom. The van der Waals surface area contributed by atoms with Gasteiger partial charge in [-0.15, -0.1) is 23.1 Å². The number of nitro benzene ring substituents is 1. The van der Waals surface area contributed by atoms with Gasteiger partial charge in [-0.2, -0.15) is 0 Å². The highest BCUT2D eigenvalue weighted by molar-refractivity contribution is 8.00. The van der Waals surface area contributed by atoms with Crippen molar-refractivity contribution in [2.45, 2.75) is 11.8 Å². The molecule has 2 N–H and O–H groups in total. The van der Waals surface area contributed by atoms with Gasteiger partial charge in [-0.05, 0) is 37.3 Å². The van der Waals surface area contributed by atoms with Crippen molar-refractivity contribution in [1.29, 1.82) is 0 Å². The minimum absolute atomic E-state index is 0.0811. The number of nitrogens with zero attached hydrogens (tertiary/aromatic N) is 2. The van der Waals surface area contributed by atoms with Crippen LogP contribution in [0.15, 0.2) is 83.8 Å². The number of nitro groups is 1. The Bertz CT molecular complexity index is 1370. The van der Waals surface area contributed by atoms with Crippen molar-refractivity contribution in [3.63, 3.8) is 0 Å². The monoisotopic (exact) mass is 504 g/mol. The van der Waals surface area contributed by atoms with Gasteiger partial charge in [0.05, 0.1) is 16.4 Å². The zero-order valence-corrected chi connectivity index (χ0v) is 20.2. The van der Waals surface area contributed by atoms with Gasteiger partial charge in [0.2, 0.25) is 5.91 Å². The van der Waals surface area contributed by atoms with Crippen molar-refractivity contribution >= 4 is 51.4 Å². The fraction of sp³-hybridized carbons (Fsp3) is 0.0800. The number of non-ortho nitro benzene ring substituents is 1. The fourth-order valence-corrected chi connectivity index (χ4v) is 4.83. The first-order valence-corrected chi connectivity index (χ1v) is 12.3. The number of benzene rings is 3. The number of nitrogens with one attached hydrogen (secondary N) is 2. The zero-order valence-electron chi connectivity index (χ0n) is 18.6. The van der Waals surface area contributed by atoms with Gasteiger partial charge in [-0.3, -0.25) is 19.7 Å². The largest absolute Gasteiger partial charge is 0.322 e. The van der Waals surface area contributed by atoms with Crippen LogP contribution in [0, 0.1) is 17.0 Å². The van der Waals surface area contributed by atoms with E-state index in [0.29, 0.717) is 16.4 Å². The third kappa shape index (κ3) is 6.31. The molecular weight excluding hydrogens is 484 g/mol. The molecule has 0 aliphatic heterocycles. The maximum absolute atomic E-state index is 12.5. The van der Waals surface area contributed by atoms with Crippen LogP contribution in [0.5, 0.6) is 0 Å². The van der Waals surface area contributed by atoms with Crippen LogP contribution in [0.25, 0.3) is 11.3 Å². The Morgan fingerprint density at radius 1 is 1.00 bits per heavy atom. The number of aromatic nitrogens is 1. The predicted molar refractivity (Wildman–Crippen MR) is 139 cm³/mol. The normalized spacial score (nSPS) is 10.5. The average Bonchev–Trinajstić information content (AvgIpc) is 3.23. The maximum atomic E-state index is 12.5. The predicted octanol–water partition coefficient (Wildman–Crippen LogP) is 6.01. The van der Waals surface area contributed by atoms with E-state index < -0.39 is 4.92 Å². The summed E-state index contributed by atoms with van der Waals surface area (Å²) < 4.78 is 0. The van der Waals surface area contributed by atoms with Crippen LogP contribution in [-0.4, -0.2) is 27.5 Å². The number of carbonyl (C=O) groups excluding carboxylic acids is 2. The summed E-state index contributed by atoms with van der Waals surface area (Å²) in [5.41, 5.74) is 2.64. The Labute approximate surface area is 209 Å². The summed E-state index contributed by atoms with van der Waals surface area (Å²) in [6, 6.07) is 22.3. The Balaban J connectivity index is 1.33. The summed E-state index contributed by atoms with van der Waals surface area (Å²) in [5.74, 6) is -0.379. The minimum atomic E-state index is -0.517. The lowest BCUT2D eigenvalue weighted by atomic mass is 10.1. The Hall–Kier alpha value is -4.02. The number of rotatable bonds is 8. The molecule has 0 radical (unpaired) electrons. The fourth-order valence-electron chi connectivity index (χ4n) is 3.22. The number of thiazole rings is 1. The molecule has 0 saturated carbocycles. The molecule has 0 bridgehead atoms. The van der Waals surface area contributed by atoms with E-state index in [1.807, 2.05) is 43.3 Å². The first-order chi connectivity index (χ1) is 16.9. The first-order valence-electron chi connectivity index (χ1n) is 10.5. The summed E-state index contributed by atoms with van der Waals surface area (Å²) in [6.07, 6.45) is 0. The van der Waals surface area contributed by atoms with E-state index >= 15 is 0 Å². The van der Waals surface area contributed by atoms with Crippen molar-refractivity contribution in [3.05, 3.63) is 99.4 Å². The first kappa shape index (κ1) is 24.1. The van der Waals surface area contributed by atoms with Crippen LogP contribution >= 0.6 is 23.1 Å². The summed E-state index contributed by atoms with van der Waals surface area (Å²) >= 11 is 2.77. The van der Waals surface area contributed by atoms with Crippen LogP contribution in [0.4, 0.5) is 16.5 Å². The van der Waals surface area contributed by atoms with E-state index in [9.17, 15) is 19.7 Å². The van der Waals surface area contributed by atoms with Gasteiger partial charge in [-0.25, -0.2) is 4.98 Å². The number of hydrogen-bond acceptors (Lipinski definition) is 7. The van der Waals surface area contributed by atoms with Gasteiger partial charge in [0, 0.05) is 38.7 Å². The van der Waals surface area contributed by atoms with Crippen LogP contribution < -0.4 is 10.6 Å². The van der Waals surface area contributed by atoms with Gasteiger partial charge in [0.15, 0.2) is 5.13 Å². The standard InChI is InChI=1S/C25H20N4O4S2/c1-16-23(17-6-3-2-4-7-17)28-25(35-16)27-22(30)15-34-21-9-5-8-19(14-21)26-24(31)18-10-12-20(13-11-18)29(32)33/h2-14H,15H2,1H3,(H,26,31)(H,27,28,30). The molecule has 4 aromatic rings. The van der Waals surface area contributed by atoms with Crippen LogP contribution in [0.1, 0.15) is 15.2 Å². The summed E-state index contributed by atoms with van der Waals surface area (Å²) in [5, 5.41) is 16.9. The molecule has 10 heteroatoms. The van der Waals surface area contributed by atoms with Crippen LogP contribution in [0.3, 0.4) is 0 Å². The van der Waals surface area contributed by atoms with Crippen LogP contribution in [0.2, 0.25) is 0 Å². The lowest BCUT2D eigenvalue weighted by molar-refractivity contribution is -0.384. The van der Waals surface area contributed by atoms with Gasteiger partial charge in [-0.1, -0.05) is 36.4 Å². The summed E-state index contributed by atoms with van der Waals surface area (Å²) in [4.78, 5) is 41.6. The highest BCUT2D eigenvalue weighted by atomic mass is 32.2. The lowest BCUT2D eigenvalue weighted by Gasteiger charge is -2.07. The second-order valence-electron chi connectivity index (χ2n) is 7.41. The molecule has 1 heterocycles. The molecule has 35 heavy (non-hydrogen) atoms. The van der Waals surface area contributed by atoms with Crippen molar-refractivity contribution in [3.8, 4) is 11.3 Å². The number of hydrogen-bond donors (Lipinski definition) is 2. The summed E-state index contributed by atoms with van der Waals surface area (Å²) in [7, 11) is 0. The molecule has 176 valence electrons. The highest BCUT2D eigenvalue weighted by Gasteiger charge is 2.13. The third-order valence-corrected chi connectivity index (χ3v) is 6.77. The number of carbonyl (C=O) groups is 2. The van der Waals surface area contributed by atoms with E-state index in [1.54, 1.807) is 18.2 Å². The minimum Gasteiger partial charge on any atom is -0.322 e. The molecule has 3 aromatic carbocycles. The molecule has 0 aliphatic carbocycles. The van der Waals surface area contributed by atoms with Crippen molar-refractivity contribution < 1.29 is 14.5 Å². The molecule has 0 fully saturated rings. The zero-order chi connectivity index (χ0) is 24.8. The molecule has 0 aliphatic rings. The van der Waals surface area contributed by atoms with E-state index in [4.69, 9.17) is 0 Å².